The van der Waals surface area contributed by atoms with Crippen molar-refractivity contribution in [2.24, 2.45) is 0 Å². The molecule has 3 aromatic carbocycles. The molecule has 1 heterocycles. The number of aromatic nitrogens is 2. The molecule has 0 aliphatic carbocycles. The molecule has 5 nitrogen and oxygen atoms in total. The Labute approximate surface area is 212 Å². The third-order valence-corrected chi connectivity index (χ3v) is 6.39. The second-order valence-electron chi connectivity index (χ2n) is 9.66. The van der Waals surface area contributed by atoms with Gasteiger partial charge < -0.3 is 14.6 Å². The molecule has 0 unspecified atom stereocenters. The van der Waals surface area contributed by atoms with Gasteiger partial charge in [0.2, 0.25) is 5.91 Å². The van der Waals surface area contributed by atoms with Crippen LogP contribution in [-0.4, -0.2) is 28.6 Å². The molecule has 0 radical (unpaired) electrons. The van der Waals surface area contributed by atoms with E-state index in [1.165, 1.54) is 5.56 Å². The van der Waals surface area contributed by atoms with Crippen LogP contribution in [-0.2, 0) is 29.6 Å². The number of ether oxygens (including phenoxy) is 1. The average Bonchev–Trinajstić information content (AvgIpc) is 3.18. The van der Waals surface area contributed by atoms with E-state index in [1.54, 1.807) is 6.07 Å². The summed E-state index contributed by atoms with van der Waals surface area (Å²) in [5.74, 6) is 1.73. The maximum absolute atomic E-state index is 12.4. The Morgan fingerprint density at radius 3 is 2.46 bits per heavy atom. The van der Waals surface area contributed by atoms with Crippen molar-refractivity contribution in [3.05, 3.63) is 94.8 Å². The zero-order chi connectivity index (χ0) is 24.8. The van der Waals surface area contributed by atoms with E-state index in [9.17, 15) is 4.79 Å². The van der Waals surface area contributed by atoms with Crippen molar-refractivity contribution in [3.63, 3.8) is 0 Å². The van der Waals surface area contributed by atoms with Crippen molar-refractivity contribution in [1.29, 1.82) is 0 Å². The van der Waals surface area contributed by atoms with Gasteiger partial charge in [-0.25, -0.2) is 4.98 Å². The van der Waals surface area contributed by atoms with Crippen LogP contribution in [0.4, 0.5) is 0 Å². The lowest BCUT2D eigenvalue weighted by molar-refractivity contribution is -0.120. The van der Waals surface area contributed by atoms with Gasteiger partial charge in [0.1, 0.15) is 18.2 Å². The van der Waals surface area contributed by atoms with Crippen LogP contribution < -0.4 is 10.1 Å². The number of carbonyl (C=O) groups excluding carboxylic acids is 1. The number of nitrogens with zero attached hydrogens (tertiary/aromatic N) is 2. The molecule has 0 bridgehead atoms. The van der Waals surface area contributed by atoms with E-state index in [2.05, 4.69) is 48.9 Å². The molecule has 6 heteroatoms. The first-order valence-corrected chi connectivity index (χ1v) is 12.4. The third kappa shape index (κ3) is 6.43. The predicted octanol–water partition coefficient (Wildman–Crippen LogP) is 5.97. The maximum atomic E-state index is 12.4. The quantitative estimate of drug-likeness (QED) is 0.315. The summed E-state index contributed by atoms with van der Waals surface area (Å²) in [4.78, 5) is 17.2. The summed E-state index contributed by atoms with van der Waals surface area (Å²) in [6, 6.07) is 23.8. The number of imidazole rings is 1. The van der Waals surface area contributed by atoms with Gasteiger partial charge in [-0.3, -0.25) is 4.79 Å². The molecule has 0 fully saturated rings. The van der Waals surface area contributed by atoms with Crippen LogP contribution in [0, 0.1) is 0 Å². The zero-order valence-corrected chi connectivity index (χ0v) is 21.3. The molecule has 0 aliphatic rings. The van der Waals surface area contributed by atoms with Gasteiger partial charge in [0.25, 0.3) is 0 Å². The van der Waals surface area contributed by atoms with Crippen molar-refractivity contribution in [2.75, 3.05) is 13.2 Å². The normalized spacial score (nSPS) is 11.5. The SMILES string of the molecule is CC(C)(C)c1ccc(OCCn2c(CCNC(=O)Cc3ccccc3Cl)nc3ccccc32)cc1. The van der Waals surface area contributed by atoms with E-state index >= 15 is 0 Å². The van der Waals surface area contributed by atoms with Gasteiger partial charge in [0, 0.05) is 18.0 Å². The fourth-order valence-electron chi connectivity index (χ4n) is 4.06. The van der Waals surface area contributed by atoms with Crippen LogP contribution in [0.1, 0.15) is 37.7 Å². The van der Waals surface area contributed by atoms with E-state index in [4.69, 9.17) is 21.3 Å². The largest absolute Gasteiger partial charge is 0.492 e. The molecular formula is C29H32ClN3O2. The van der Waals surface area contributed by atoms with Gasteiger partial charge in [-0.2, -0.15) is 0 Å². The monoisotopic (exact) mass is 489 g/mol. The smallest absolute Gasteiger partial charge is 0.224 e. The van der Waals surface area contributed by atoms with E-state index in [0.717, 1.165) is 28.2 Å². The molecule has 0 saturated heterocycles. The van der Waals surface area contributed by atoms with Gasteiger partial charge in [0.15, 0.2) is 0 Å². The first-order chi connectivity index (χ1) is 16.8. The summed E-state index contributed by atoms with van der Waals surface area (Å²) in [5, 5.41) is 3.60. The topological polar surface area (TPSA) is 56.1 Å². The van der Waals surface area contributed by atoms with Gasteiger partial charge in [-0.15, -0.1) is 0 Å². The number of fused-ring (bicyclic) bond motifs is 1. The Kier molecular flexibility index (Phi) is 7.76. The number of amides is 1. The first kappa shape index (κ1) is 24.8. The number of hydrogen-bond acceptors (Lipinski definition) is 3. The van der Waals surface area contributed by atoms with Crippen molar-refractivity contribution in [2.45, 2.75) is 45.6 Å². The van der Waals surface area contributed by atoms with Crippen LogP contribution in [0.5, 0.6) is 5.75 Å². The highest BCUT2D eigenvalue weighted by molar-refractivity contribution is 6.31. The molecule has 1 aromatic heterocycles. The van der Waals surface area contributed by atoms with Crippen LogP contribution >= 0.6 is 11.6 Å². The lowest BCUT2D eigenvalue weighted by Crippen LogP contribution is -2.28. The number of benzene rings is 3. The summed E-state index contributed by atoms with van der Waals surface area (Å²) < 4.78 is 8.22. The molecule has 4 aromatic rings. The minimum Gasteiger partial charge on any atom is -0.492 e. The van der Waals surface area contributed by atoms with Crippen molar-refractivity contribution >= 4 is 28.5 Å². The van der Waals surface area contributed by atoms with Crippen molar-refractivity contribution in [3.8, 4) is 5.75 Å². The average molecular weight is 490 g/mol. The Hall–Kier alpha value is -3.31. The lowest BCUT2D eigenvalue weighted by Gasteiger charge is -2.19. The number of halogens is 1. The summed E-state index contributed by atoms with van der Waals surface area (Å²) >= 11 is 6.18. The molecule has 0 saturated carbocycles. The number of rotatable bonds is 9. The Balaban J connectivity index is 1.37. The highest BCUT2D eigenvalue weighted by atomic mass is 35.5. The van der Waals surface area contributed by atoms with Crippen LogP contribution in [0.25, 0.3) is 11.0 Å². The molecule has 0 atom stereocenters. The van der Waals surface area contributed by atoms with Gasteiger partial charge in [0.05, 0.1) is 24.0 Å². The first-order valence-electron chi connectivity index (χ1n) is 12.0. The standard InChI is InChI=1S/C29H32ClN3O2/c1-29(2,3)22-12-14-23(15-13-22)35-19-18-33-26-11-7-6-10-25(26)32-27(33)16-17-31-28(34)20-21-8-4-5-9-24(21)30/h4-15H,16-20H2,1-3H3,(H,31,34). The van der Waals surface area contributed by atoms with Gasteiger partial charge in [-0.05, 0) is 46.9 Å². The fourth-order valence-corrected chi connectivity index (χ4v) is 4.27. The van der Waals surface area contributed by atoms with E-state index in [0.29, 0.717) is 31.1 Å². The summed E-state index contributed by atoms with van der Waals surface area (Å²) in [5.41, 5.74) is 4.23. The van der Waals surface area contributed by atoms with Gasteiger partial charge >= 0.3 is 0 Å². The van der Waals surface area contributed by atoms with E-state index in [-0.39, 0.29) is 17.7 Å². The molecule has 1 N–H and O–H groups in total. The summed E-state index contributed by atoms with van der Waals surface area (Å²) in [6.07, 6.45) is 0.890. The Bertz CT molecular complexity index is 1290. The Morgan fingerprint density at radius 2 is 1.71 bits per heavy atom. The van der Waals surface area contributed by atoms with Crippen LogP contribution in [0.3, 0.4) is 0 Å². The van der Waals surface area contributed by atoms with Crippen LogP contribution in [0.15, 0.2) is 72.8 Å². The maximum Gasteiger partial charge on any atom is 0.224 e. The minimum atomic E-state index is -0.0530. The molecule has 4 rings (SSSR count). The molecule has 182 valence electrons. The molecule has 35 heavy (non-hydrogen) atoms. The lowest BCUT2D eigenvalue weighted by atomic mass is 9.87. The third-order valence-electron chi connectivity index (χ3n) is 6.02. The van der Waals surface area contributed by atoms with Crippen molar-refractivity contribution in [1.82, 2.24) is 14.9 Å². The van der Waals surface area contributed by atoms with E-state index < -0.39 is 0 Å². The summed E-state index contributed by atoms with van der Waals surface area (Å²) in [7, 11) is 0. The number of carbonyl (C=O) groups is 1. The van der Waals surface area contributed by atoms with Crippen molar-refractivity contribution < 1.29 is 9.53 Å². The zero-order valence-electron chi connectivity index (χ0n) is 20.6. The summed E-state index contributed by atoms with van der Waals surface area (Å²) in [6.45, 7) is 8.31. The fraction of sp³-hybridized carbons (Fsp3) is 0.310. The molecule has 0 aliphatic heterocycles. The molecule has 1 amide bonds. The highest BCUT2D eigenvalue weighted by Crippen LogP contribution is 2.24. The molecular weight excluding hydrogens is 458 g/mol. The number of nitrogens with one attached hydrogen (secondary N) is 1. The molecule has 0 spiro atoms. The Morgan fingerprint density at radius 1 is 1.00 bits per heavy atom. The van der Waals surface area contributed by atoms with Crippen LogP contribution in [0.2, 0.25) is 5.02 Å². The van der Waals surface area contributed by atoms with Gasteiger partial charge in [-0.1, -0.05) is 74.8 Å². The number of hydrogen-bond donors (Lipinski definition) is 1. The second kappa shape index (κ2) is 11.0. The highest BCUT2D eigenvalue weighted by Gasteiger charge is 2.14. The predicted molar refractivity (Wildman–Crippen MR) is 142 cm³/mol. The number of para-hydroxylation sites is 2. The minimum absolute atomic E-state index is 0.0530. The van der Waals surface area contributed by atoms with E-state index in [1.807, 2.05) is 48.5 Å². The second-order valence-corrected chi connectivity index (χ2v) is 10.1.